The van der Waals surface area contributed by atoms with E-state index in [1.165, 1.54) is 6.92 Å². The number of Topliss-reactive ketones (excluding diaryl/α,β-unsaturated/α-hetero) is 1. The molecule has 0 aromatic carbocycles. The molecule has 0 bridgehead atoms. The number of aliphatic hydroxyl groups excluding tert-OH is 1. The fourth-order valence-corrected chi connectivity index (χ4v) is 12.2. The predicted octanol–water partition coefficient (Wildman–Crippen LogP) is 5.22. The Kier molecular flexibility index (Phi) is 5.47. The van der Waals surface area contributed by atoms with Crippen molar-refractivity contribution in [2.75, 3.05) is 0 Å². The van der Waals surface area contributed by atoms with Crippen molar-refractivity contribution in [2.45, 2.75) is 143 Å². The van der Waals surface area contributed by atoms with Gasteiger partial charge in [-0.25, -0.2) is 0 Å². The molecule has 6 nitrogen and oxygen atoms in total. The first-order valence-corrected chi connectivity index (χ1v) is 15.2. The van der Waals surface area contributed by atoms with E-state index in [1.54, 1.807) is 13.8 Å². The van der Waals surface area contributed by atoms with Gasteiger partial charge in [0.25, 0.3) is 0 Å². The molecule has 38 heavy (non-hydrogen) atoms. The molecule has 5 saturated carbocycles. The molecule has 1 heterocycles. The molecule has 2 spiro atoms. The van der Waals surface area contributed by atoms with Crippen LogP contribution >= 0.6 is 0 Å². The van der Waals surface area contributed by atoms with Crippen molar-refractivity contribution in [3.8, 4) is 0 Å². The summed E-state index contributed by atoms with van der Waals surface area (Å²) < 4.78 is 12.4. The molecular weight excluding hydrogens is 480 g/mol. The smallest absolute Gasteiger partial charge is 0.302 e. The summed E-state index contributed by atoms with van der Waals surface area (Å²) in [4.78, 5) is 26.5. The maximum Gasteiger partial charge on any atom is 0.302 e. The van der Waals surface area contributed by atoms with Gasteiger partial charge >= 0.3 is 5.97 Å². The van der Waals surface area contributed by atoms with Gasteiger partial charge in [-0.15, -0.1) is 0 Å². The Labute approximate surface area is 228 Å². The highest BCUT2D eigenvalue weighted by molar-refractivity contribution is 5.89. The van der Waals surface area contributed by atoms with Gasteiger partial charge in [-0.05, 0) is 100 Å². The van der Waals surface area contributed by atoms with E-state index in [2.05, 4.69) is 34.6 Å². The lowest BCUT2D eigenvalue weighted by Gasteiger charge is -2.62. The second-order valence-corrected chi connectivity index (χ2v) is 16.2. The molecular formula is C32H50O6. The molecule has 0 aromatic rings. The van der Waals surface area contributed by atoms with E-state index in [0.717, 1.165) is 44.9 Å². The normalized spacial score (nSPS) is 54.9. The molecule has 0 aromatic heterocycles. The summed E-state index contributed by atoms with van der Waals surface area (Å²) in [6.45, 7) is 16.2. The van der Waals surface area contributed by atoms with E-state index >= 15 is 0 Å². The minimum absolute atomic E-state index is 0.00139. The average molecular weight is 531 g/mol. The SMILES string of the molecule is CC(=O)O[C@H]1CC[C@]23C[C@]24CC(=O)[C@]2(C)[C@@H]([C@@]5(C)CC[C@@H](C(C)(C)O)O5)[C@@H](O)C[C@@]2(C)[C@@H]4CC[C@H]3C1(C)C. The number of fused-ring (bicyclic) bond motifs is 2. The Hall–Kier alpha value is -0.980. The fourth-order valence-electron chi connectivity index (χ4n) is 12.2. The second kappa shape index (κ2) is 7.64. The van der Waals surface area contributed by atoms with Crippen molar-refractivity contribution >= 4 is 11.8 Å². The van der Waals surface area contributed by atoms with Crippen LogP contribution in [0.4, 0.5) is 0 Å². The molecule has 11 atom stereocenters. The Morgan fingerprint density at radius 1 is 1.00 bits per heavy atom. The standard InChI is InChI=1S/C32H50O6/c1-18(33)37-23-12-14-31-17-32(31)16-22(35)30(8)25(29(7)13-11-24(38-29)27(4,5)36)19(34)15-28(30,6)21(32)10-9-20(31)26(23,2)3/h19-21,23-25,34,36H,9-17H2,1-8H3/t19-,20-,21-,23-,24-,25+,28-,29+,30+,31+,32-/m0/s1. The number of hydrogen-bond donors (Lipinski definition) is 2. The number of hydrogen-bond acceptors (Lipinski definition) is 6. The molecule has 1 aliphatic heterocycles. The van der Waals surface area contributed by atoms with Crippen LogP contribution in [0.5, 0.6) is 0 Å². The van der Waals surface area contributed by atoms with Crippen LogP contribution in [0, 0.1) is 44.8 Å². The van der Waals surface area contributed by atoms with Crippen molar-refractivity contribution in [1.29, 1.82) is 0 Å². The molecule has 214 valence electrons. The second-order valence-electron chi connectivity index (χ2n) is 16.2. The minimum atomic E-state index is -0.956. The number of aliphatic hydroxyl groups is 2. The molecule has 6 rings (SSSR count). The van der Waals surface area contributed by atoms with Crippen LogP contribution in [-0.2, 0) is 19.1 Å². The van der Waals surface area contributed by atoms with Crippen LogP contribution in [0.15, 0.2) is 0 Å². The summed E-state index contributed by atoms with van der Waals surface area (Å²) >= 11 is 0. The van der Waals surface area contributed by atoms with Gasteiger partial charge < -0.3 is 19.7 Å². The molecule has 5 aliphatic carbocycles. The fraction of sp³-hybridized carbons (Fsp3) is 0.938. The van der Waals surface area contributed by atoms with E-state index in [-0.39, 0.29) is 45.8 Å². The zero-order valence-corrected chi connectivity index (χ0v) is 24.9. The maximum atomic E-state index is 14.6. The van der Waals surface area contributed by atoms with Crippen LogP contribution in [0.2, 0.25) is 0 Å². The molecule has 1 saturated heterocycles. The highest BCUT2D eigenvalue weighted by Gasteiger charge is 2.85. The lowest BCUT2D eigenvalue weighted by molar-refractivity contribution is -0.199. The van der Waals surface area contributed by atoms with Crippen LogP contribution in [0.25, 0.3) is 0 Å². The topological polar surface area (TPSA) is 93.1 Å². The third-order valence-corrected chi connectivity index (χ3v) is 13.9. The minimum Gasteiger partial charge on any atom is -0.462 e. The highest BCUT2D eigenvalue weighted by atomic mass is 16.5. The lowest BCUT2D eigenvalue weighted by atomic mass is 9.41. The van der Waals surface area contributed by atoms with Crippen molar-refractivity contribution < 1.29 is 29.3 Å². The van der Waals surface area contributed by atoms with E-state index in [1.807, 2.05) is 0 Å². The summed E-state index contributed by atoms with van der Waals surface area (Å²) in [5.74, 6) is 0.669. The van der Waals surface area contributed by atoms with Crippen LogP contribution in [0.3, 0.4) is 0 Å². The van der Waals surface area contributed by atoms with E-state index in [4.69, 9.17) is 9.47 Å². The van der Waals surface area contributed by atoms with Crippen molar-refractivity contribution in [3.05, 3.63) is 0 Å². The van der Waals surface area contributed by atoms with Gasteiger partial charge in [0.1, 0.15) is 11.9 Å². The van der Waals surface area contributed by atoms with E-state index < -0.39 is 22.7 Å². The van der Waals surface area contributed by atoms with Gasteiger partial charge in [0.15, 0.2) is 0 Å². The summed E-state index contributed by atoms with van der Waals surface area (Å²) in [6.07, 6.45) is 6.90. The van der Waals surface area contributed by atoms with Crippen LogP contribution < -0.4 is 0 Å². The van der Waals surface area contributed by atoms with Gasteiger partial charge in [0.2, 0.25) is 0 Å². The van der Waals surface area contributed by atoms with Crippen molar-refractivity contribution in [3.63, 3.8) is 0 Å². The first kappa shape index (κ1) is 27.2. The average Bonchev–Trinajstić information content (AvgIpc) is 3.13. The predicted molar refractivity (Wildman–Crippen MR) is 143 cm³/mol. The molecule has 6 heteroatoms. The zero-order valence-electron chi connectivity index (χ0n) is 24.9. The summed E-state index contributed by atoms with van der Waals surface area (Å²) in [7, 11) is 0. The molecule has 6 fully saturated rings. The van der Waals surface area contributed by atoms with Crippen LogP contribution in [0.1, 0.15) is 113 Å². The van der Waals surface area contributed by atoms with Gasteiger partial charge in [0, 0.05) is 30.1 Å². The van der Waals surface area contributed by atoms with Crippen molar-refractivity contribution in [1.82, 2.24) is 0 Å². The lowest BCUT2D eigenvalue weighted by Crippen LogP contribution is -2.63. The number of ketones is 1. The van der Waals surface area contributed by atoms with Gasteiger partial charge in [-0.1, -0.05) is 27.7 Å². The third-order valence-electron chi connectivity index (χ3n) is 13.9. The number of carbonyl (C=O) groups is 2. The highest BCUT2D eigenvalue weighted by Crippen LogP contribution is 2.88. The number of rotatable bonds is 3. The Morgan fingerprint density at radius 2 is 1.66 bits per heavy atom. The Bertz CT molecular complexity index is 1060. The molecule has 6 aliphatic rings. The largest absolute Gasteiger partial charge is 0.462 e. The monoisotopic (exact) mass is 530 g/mol. The van der Waals surface area contributed by atoms with Gasteiger partial charge in [-0.2, -0.15) is 0 Å². The Balaban J connectivity index is 1.35. The third kappa shape index (κ3) is 3.06. The van der Waals surface area contributed by atoms with E-state index in [9.17, 15) is 19.8 Å². The summed E-state index contributed by atoms with van der Waals surface area (Å²) in [5, 5.41) is 22.4. The molecule has 0 amide bonds. The maximum absolute atomic E-state index is 14.6. The number of esters is 1. The van der Waals surface area contributed by atoms with Gasteiger partial charge in [-0.3, -0.25) is 9.59 Å². The number of ether oxygens (including phenoxy) is 2. The zero-order chi connectivity index (χ0) is 27.9. The van der Waals surface area contributed by atoms with Gasteiger partial charge in [0.05, 0.1) is 23.4 Å². The first-order chi connectivity index (χ1) is 17.4. The first-order valence-electron chi connectivity index (χ1n) is 15.2. The molecule has 2 N–H and O–H groups in total. The quantitative estimate of drug-likeness (QED) is 0.486. The van der Waals surface area contributed by atoms with Crippen molar-refractivity contribution in [2.24, 2.45) is 44.8 Å². The Morgan fingerprint density at radius 3 is 2.26 bits per heavy atom. The van der Waals surface area contributed by atoms with E-state index in [0.29, 0.717) is 30.5 Å². The summed E-state index contributed by atoms with van der Waals surface area (Å²) in [6, 6.07) is 0. The van der Waals surface area contributed by atoms with Crippen LogP contribution in [-0.4, -0.2) is 51.5 Å². The summed E-state index contributed by atoms with van der Waals surface area (Å²) in [5.41, 5.74) is -2.52. The number of carbonyl (C=O) groups excluding carboxylic acids is 2. The molecule has 0 unspecified atom stereocenters. The molecule has 0 radical (unpaired) electrons.